The number of nitrogens with zero attached hydrogens (tertiary/aromatic N) is 1. The first kappa shape index (κ1) is 15.9. The molecular weight excluding hydrogens is 342 g/mol. The third kappa shape index (κ3) is 4.02. The van der Waals surface area contributed by atoms with Gasteiger partial charge in [0.1, 0.15) is 0 Å². The predicted octanol–water partition coefficient (Wildman–Crippen LogP) is 1.76. The van der Waals surface area contributed by atoms with E-state index >= 15 is 0 Å². The Kier molecular flexibility index (Phi) is 4.86. The smallest absolute Gasteiger partial charge is 0.253 e. The first-order valence-corrected chi connectivity index (χ1v) is 8.79. The van der Waals surface area contributed by atoms with Gasteiger partial charge in [0.05, 0.1) is 4.90 Å². The molecule has 0 bridgehead atoms. The molecule has 7 heteroatoms. The van der Waals surface area contributed by atoms with Gasteiger partial charge in [0.25, 0.3) is 10.0 Å². The fraction of sp³-hybridized carbons (Fsp3) is 0.538. The Balaban J connectivity index is 2.30. The van der Waals surface area contributed by atoms with Gasteiger partial charge in [0, 0.05) is 31.2 Å². The van der Waals surface area contributed by atoms with E-state index in [4.69, 9.17) is 0 Å². The first-order valence-electron chi connectivity index (χ1n) is 6.52. The Morgan fingerprint density at radius 3 is 2.55 bits per heavy atom. The monoisotopic (exact) mass is 361 g/mol. The molecule has 112 valence electrons. The highest BCUT2D eigenvalue weighted by Gasteiger charge is 2.22. The molecule has 1 aliphatic rings. The topological polar surface area (TPSA) is 61.4 Å². The largest absolute Gasteiger partial charge is 0.310 e. The Morgan fingerprint density at radius 1 is 1.35 bits per heavy atom. The van der Waals surface area contributed by atoms with Crippen molar-refractivity contribution in [3.63, 3.8) is 0 Å². The molecular formula is C13H20BrN3O2S. The fourth-order valence-corrected chi connectivity index (χ4v) is 3.96. The molecule has 2 N–H and O–H groups in total. The van der Waals surface area contributed by atoms with Crippen LogP contribution in [-0.2, 0) is 16.6 Å². The van der Waals surface area contributed by atoms with E-state index in [9.17, 15) is 8.42 Å². The predicted molar refractivity (Wildman–Crippen MR) is 82.7 cm³/mol. The molecule has 0 unspecified atom stereocenters. The van der Waals surface area contributed by atoms with Crippen LogP contribution in [0.3, 0.4) is 0 Å². The third-order valence-corrected chi connectivity index (χ3v) is 5.55. The molecule has 0 aromatic heterocycles. The molecule has 1 aliphatic carbocycles. The van der Waals surface area contributed by atoms with Crippen molar-refractivity contribution in [3.05, 3.63) is 27.7 Å². The molecule has 0 radical (unpaired) electrons. The maximum absolute atomic E-state index is 12.3. The highest BCUT2D eigenvalue weighted by molar-refractivity contribution is 9.10. The van der Waals surface area contributed by atoms with Crippen LogP contribution in [0.25, 0.3) is 0 Å². The molecule has 20 heavy (non-hydrogen) atoms. The molecule has 0 atom stereocenters. The molecule has 0 saturated heterocycles. The van der Waals surface area contributed by atoms with Crippen LogP contribution < -0.4 is 10.1 Å². The summed E-state index contributed by atoms with van der Waals surface area (Å²) < 4.78 is 25.5. The molecule has 0 heterocycles. The minimum atomic E-state index is -3.54. The number of halogens is 1. The van der Waals surface area contributed by atoms with Crippen LogP contribution in [-0.4, -0.2) is 33.6 Å². The Hall–Kier alpha value is -0.470. The second kappa shape index (κ2) is 6.11. The van der Waals surface area contributed by atoms with Gasteiger partial charge in [0.2, 0.25) is 0 Å². The number of rotatable bonds is 6. The molecule has 2 rings (SSSR count). The maximum Gasteiger partial charge on any atom is 0.253 e. The van der Waals surface area contributed by atoms with E-state index < -0.39 is 10.0 Å². The molecule has 1 aromatic carbocycles. The SMILES string of the molecule is Cc1c(Br)cc(CNC2CC2)cc1S(=O)(=O)NN(C)C. The Morgan fingerprint density at radius 2 is 2.00 bits per heavy atom. The standard InChI is InChI=1S/C13H20BrN3O2S/c1-9-12(14)6-10(8-15-11-4-5-11)7-13(9)20(18,19)16-17(2)3/h6-7,11,15-16H,4-5,8H2,1-3H3. The lowest BCUT2D eigenvalue weighted by molar-refractivity contribution is 0.364. The summed E-state index contributed by atoms with van der Waals surface area (Å²) in [5.41, 5.74) is 1.68. The van der Waals surface area contributed by atoms with Gasteiger partial charge in [-0.05, 0) is 43.0 Å². The van der Waals surface area contributed by atoms with Crippen molar-refractivity contribution in [1.82, 2.24) is 15.2 Å². The molecule has 5 nitrogen and oxygen atoms in total. The van der Waals surface area contributed by atoms with Gasteiger partial charge in [0.15, 0.2) is 0 Å². The van der Waals surface area contributed by atoms with Gasteiger partial charge in [-0.25, -0.2) is 13.4 Å². The number of benzene rings is 1. The van der Waals surface area contributed by atoms with Gasteiger partial charge in [-0.15, -0.1) is 4.83 Å². The molecule has 1 aromatic rings. The second-order valence-corrected chi connectivity index (χ2v) is 7.83. The van der Waals surface area contributed by atoms with Crippen LogP contribution in [0, 0.1) is 6.92 Å². The number of hydrazine groups is 1. The lowest BCUT2D eigenvalue weighted by atomic mass is 10.1. The lowest BCUT2D eigenvalue weighted by Crippen LogP contribution is -2.36. The van der Waals surface area contributed by atoms with Crippen molar-refractivity contribution >= 4 is 26.0 Å². The number of nitrogens with one attached hydrogen (secondary N) is 2. The van der Waals surface area contributed by atoms with E-state index in [0.717, 1.165) is 15.6 Å². The van der Waals surface area contributed by atoms with Crippen molar-refractivity contribution in [3.8, 4) is 0 Å². The van der Waals surface area contributed by atoms with E-state index in [1.54, 1.807) is 27.1 Å². The summed E-state index contributed by atoms with van der Waals surface area (Å²) in [5.74, 6) is 0. The van der Waals surface area contributed by atoms with Gasteiger partial charge in [-0.2, -0.15) is 0 Å². The minimum Gasteiger partial charge on any atom is -0.310 e. The molecule has 0 amide bonds. The lowest BCUT2D eigenvalue weighted by Gasteiger charge is -2.16. The highest BCUT2D eigenvalue weighted by Crippen LogP contribution is 2.26. The van der Waals surface area contributed by atoms with Crippen LogP contribution in [0.4, 0.5) is 0 Å². The van der Waals surface area contributed by atoms with Crippen LogP contribution >= 0.6 is 15.9 Å². The second-order valence-electron chi connectivity index (χ2n) is 5.35. The summed E-state index contributed by atoms with van der Waals surface area (Å²) >= 11 is 3.44. The van der Waals surface area contributed by atoms with Crippen LogP contribution in [0.5, 0.6) is 0 Å². The number of sulfonamides is 1. The number of hydrogen-bond acceptors (Lipinski definition) is 4. The van der Waals surface area contributed by atoms with Crippen LogP contribution in [0.2, 0.25) is 0 Å². The summed E-state index contributed by atoms with van der Waals surface area (Å²) in [7, 11) is -0.234. The van der Waals surface area contributed by atoms with Crippen molar-refractivity contribution in [1.29, 1.82) is 0 Å². The van der Waals surface area contributed by atoms with E-state index in [1.807, 2.05) is 6.07 Å². The highest BCUT2D eigenvalue weighted by atomic mass is 79.9. The minimum absolute atomic E-state index is 0.313. The molecule has 1 saturated carbocycles. The van der Waals surface area contributed by atoms with Gasteiger partial charge in [-0.1, -0.05) is 15.9 Å². The van der Waals surface area contributed by atoms with Crippen LogP contribution in [0.1, 0.15) is 24.0 Å². The zero-order valence-electron chi connectivity index (χ0n) is 11.9. The summed E-state index contributed by atoms with van der Waals surface area (Å²) in [4.78, 5) is 2.79. The van der Waals surface area contributed by atoms with Gasteiger partial charge in [-0.3, -0.25) is 0 Å². The quantitative estimate of drug-likeness (QED) is 0.758. The van der Waals surface area contributed by atoms with Gasteiger partial charge < -0.3 is 5.32 Å². The summed E-state index contributed by atoms with van der Waals surface area (Å²) in [6, 6.07) is 4.30. The average Bonchev–Trinajstić information content (AvgIpc) is 3.12. The summed E-state index contributed by atoms with van der Waals surface area (Å²) in [5, 5.41) is 4.82. The average molecular weight is 362 g/mol. The first-order chi connectivity index (χ1) is 9.29. The Bertz CT molecular complexity index is 598. The van der Waals surface area contributed by atoms with Crippen molar-refractivity contribution in [2.24, 2.45) is 0 Å². The normalized spacial score (nSPS) is 15.8. The Labute approximate surface area is 128 Å². The van der Waals surface area contributed by atoms with Crippen molar-refractivity contribution in [2.45, 2.75) is 37.2 Å². The molecule has 0 spiro atoms. The van der Waals surface area contributed by atoms with Crippen molar-refractivity contribution in [2.75, 3.05) is 14.1 Å². The van der Waals surface area contributed by atoms with E-state index in [-0.39, 0.29) is 0 Å². The van der Waals surface area contributed by atoms with Crippen molar-refractivity contribution < 1.29 is 8.42 Å². The summed E-state index contributed by atoms with van der Waals surface area (Å²) in [6.07, 6.45) is 2.42. The molecule has 1 fully saturated rings. The van der Waals surface area contributed by atoms with Crippen LogP contribution in [0.15, 0.2) is 21.5 Å². The van der Waals surface area contributed by atoms with E-state index in [0.29, 0.717) is 17.5 Å². The zero-order valence-corrected chi connectivity index (χ0v) is 14.3. The van der Waals surface area contributed by atoms with E-state index in [2.05, 4.69) is 26.1 Å². The zero-order chi connectivity index (χ0) is 14.9. The van der Waals surface area contributed by atoms with E-state index in [1.165, 1.54) is 17.9 Å². The number of hydrogen-bond donors (Lipinski definition) is 2. The fourth-order valence-electron chi connectivity index (χ4n) is 1.93. The summed E-state index contributed by atoms with van der Waals surface area (Å²) in [6.45, 7) is 2.49. The molecule has 0 aliphatic heterocycles. The van der Waals surface area contributed by atoms with Gasteiger partial charge >= 0.3 is 0 Å². The maximum atomic E-state index is 12.3. The third-order valence-electron chi connectivity index (χ3n) is 3.12.